The van der Waals surface area contributed by atoms with Gasteiger partial charge in [0.15, 0.2) is 11.5 Å². The highest BCUT2D eigenvalue weighted by Gasteiger charge is 2.26. The van der Waals surface area contributed by atoms with Gasteiger partial charge in [-0.25, -0.2) is 4.68 Å². The molecule has 0 radical (unpaired) electrons. The molecule has 0 saturated heterocycles. The molecule has 4 aromatic rings. The molecule has 0 spiro atoms. The maximum Gasteiger partial charge on any atom is 0.309 e. The lowest BCUT2D eigenvalue weighted by Gasteiger charge is -2.19. The van der Waals surface area contributed by atoms with Crippen molar-refractivity contribution in [2.24, 2.45) is 5.92 Å². The van der Waals surface area contributed by atoms with Crippen LogP contribution in [0.5, 0.6) is 11.5 Å². The molecular formula is C28H27N3O6. The minimum Gasteiger partial charge on any atom is -0.486 e. The highest BCUT2D eigenvalue weighted by molar-refractivity contribution is 5.76. The second kappa shape index (κ2) is 10.8. The summed E-state index contributed by atoms with van der Waals surface area (Å²) in [4.78, 5) is 24.5. The first kappa shape index (κ1) is 24.5. The van der Waals surface area contributed by atoms with Crippen molar-refractivity contribution in [3.8, 4) is 22.6 Å². The maximum absolute atomic E-state index is 12.6. The van der Waals surface area contributed by atoms with Gasteiger partial charge in [-0.15, -0.1) is 5.10 Å². The van der Waals surface area contributed by atoms with Crippen molar-refractivity contribution < 1.29 is 24.5 Å². The number of fused-ring (bicyclic) bond motifs is 2. The van der Waals surface area contributed by atoms with E-state index in [0.29, 0.717) is 30.5 Å². The van der Waals surface area contributed by atoms with Gasteiger partial charge in [-0.1, -0.05) is 47.7 Å². The second-order valence-electron chi connectivity index (χ2n) is 9.03. The molecule has 1 aliphatic rings. The van der Waals surface area contributed by atoms with Gasteiger partial charge < -0.3 is 19.7 Å². The van der Waals surface area contributed by atoms with E-state index >= 15 is 0 Å². The first-order valence-corrected chi connectivity index (χ1v) is 12.2. The maximum atomic E-state index is 12.6. The minimum absolute atomic E-state index is 0.0505. The third-order valence-corrected chi connectivity index (χ3v) is 6.62. The van der Waals surface area contributed by atoms with Gasteiger partial charge in [-0.3, -0.25) is 9.59 Å². The van der Waals surface area contributed by atoms with Gasteiger partial charge in [0.2, 0.25) is 0 Å². The van der Waals surface area contributed by atoms with E-state index in [1.165, 1.54) is 0 Å². The average Bonchev–Trinajstić information content (AvgIpc) is 2.93. The monoisotopic (exact) mass is 501 g/mol. The van der Waals surface area contributed by atoms with Crippen LogP contribution in [-0.4, -0.2) is 50.5 Å². The molecule has 1 aliphatic heterocycles. The van der Waals surface area contributed by atoms with Crippen molar-refractivity contribution >= 4 is 16.9 Å². The number of rotatable bonds is 9. The number of aliphatic carboxylic acids is 1. The number of hydrogen-bond acceptors (Lipinski definition) is 7. The van der Waals surface area contributed by atoms with E-state index in [9.17, 15) is 19.8 Å². The Labute approximate surface area is 212 Å². The third kappa shape index (κ3) is 5.46. The molecule has 0 bridgehead atoms. The zero-order valence-corrected chi connectivity index (χ0v) is 20.1. The number of benzene rings is 3. The summed E-state index contributed by atoms with van der Waals surface area (Å²) in [5, 5.41) is 28.7. The number of carboxylic acid groups (broad SMARTS) is 1. The number of aliphatic hydroxyl groups excluding tert-OH is 1. The Kier molecular flexibility index (Phi) is 7.14. The highest BCUT2D eigenvalue weighted by atomic mass is 16.6. The molecule has 1 aromatic heterocycles. The predicted octanol–water partition coefficient (Wildman–Crippen LogP) is 3.31. The smallest absolute Gasteiger partial charge is 0.309 e. The summed E-state index contributed by atoms with van der Waals surface area (Å²) in [5.41, 5.74) is 3.17. The highest BCUT2D eigenvalue weighted by Crippen LogP contribution is 2.34. The normalized spacial score (nSPS) is 14.3. The van der Waals surface area contributed by atoms with Gasteiger partial charge in [-0.2, -0.15) is 0 Å². The van der Waals surface area contributed by atoms with Crippen molar-refractivity contribution in [3.63, 3.8) is 0 Å². The van der Waals surface area contributed by atoms with Crippen molar-refractivity contribution in [3.05, 3.63) is 82.6 Å². The van der Waals surface area contributed by atoms with Crippen LogP contribution in [0.1, 0.15) is 18.4 Å². The Bertz CT molecular complexity index is 1470. The molecule has 190 valence electrons. The average molecular weight is 502 g/mol. The summed E-state index contributed by atoms with van der Waals surface area (Å²) in [6.07, 6.45) is -0.216. The van der Waals surface area contributed by atoms with Gasteiger partial charge in [0.1, 0.15) is 18.7 Å². The summed E-state index contributed by atoms with van der Waals surface area (Å²) in [5.74, 6) is -0.667. The van der Waals surface area contributed by atoms with Gasteiger partial charge in [-0.05, 0) is 60.2 Å². The Morgan fingerprint density at radius 1 is 0.946 bits per heavy atom. The zero-order chi connectivity index (χ0) is 25.8. The Balaban J connectivity index is 1.20. The molecule has 2 heterocycles. The van der Waals surface area contributed by atoms with Crippen LogP contribution in [0.15, 0.2) is 71.5 Å². The van der Waals surface area contributed by atoms with Crippen LogP contribution in [0.2, 0.25) is 0 Å². The molecule has 1 unspecified atom stereocenters. The van der Waals surface area contributed by atoms with E-state index in [1.54, 1.807) is 24.3 Å². The van der Waals surface area contributed by atoms with E-state index < -0.39 is 18.0 Å². The number of aromatic nitrogens is 3. The van der Waals surface area contributed by atoms with Crippen molar-refractivity contribution in [2.75, 3.05) is 13.2 Å². The number of carboxylic acids is 1. The van der Waals surface area contributed by atoms with Crippen LogP contribution in [-0.2, 0) is 17.8 Å². The molecule has 0 aliphatic carbocycles. The van der Waals surface area contributed by atoms with Gasteiger partial charge in [0, 0.05) is 6.54 Å². The molecule has 37 heavy (non-hydrogen) atoms. The Morgan fingerprint density at radius 3 is 2.46 bits per heavy atom. The van der Waals surface area contributed by atoms with Crippen LogP contribution in [0, 0.1) is 5.92 Å². The molecule has 3 aromatic carbocycles. The summed E-state index contributed by atoms with van der Waals surface area (Å²) in [6, 6.07) is 20.6. The number of aliphatic hydroxyl groups is 1. The first-order chi connectivity index (χ1) is 18.0. The second-order valence-corrected chi connectivity index (χ2v) is 9.03. The van der Waals surface area contributed by atoms with Gasteiger partial charge >= 0.3 is 5.97 Å². The Hall–Kier alpha value is -4.24. The van der Waals surface area contributed by atoms with Crippen molar-refractivity contribution in [2.45, 2.75) is 31.9 Å². The van der Waals surface area contributed by atoms with Crippen LogP contribution < -0.4 is 15.0 Å². The topological polar surface area (TPSA) is 124 Å². The SMILES string of the molecule is O=C(O)C(CCn1nnc2ccccc2c1=O)[C@H](O)CCc1ccc(-c2ccc3c(c2)OCCO3)cc1. The summed E-state index contributed by atoms with van der Waals surface area (Å²) in [6.45, 7) is 1.13. The zero-order valence-electron chi connectivity index (χ0n) is 20.1. The summed E-state index contributed by atoms with van der Waals surface area (Å²) < 4.78 is 12.4. The lowest BCUT2D eigenvalue weighted by molar-refractivity contribution is -0.146. The number of carbonyl (C=O) groups is 1. The molecular weight excluding hydrogens is 474 g/mol. The predicted molar refractivity (Wildman–Crippen MR) is 137 cm³/mol. The van der Waals surface area contributed by atoms with E-state index in [1.807, 2.05) is 42.5 Å². The first-order valence-electron chi connectivity index (χ1n) is 12.2. The lowest BCUT2D eigenvalue weighted by atomic mass is 9.93. The fraction of sp³-hybridized carbons (Fsp3) is 0.286. The standard InChI is InChI=1S/C28H27N3O6/c32-24(22(28(34)35)13-14-31-27(33)21-3-1-2-4-23(21)29-30-31)11-7-18-5-8-19(9-6-18)20-10-12-25-26(17-20)37-16-15-36-25/h1-6,8-10,12,17,22,24,32H,7,11,13-16H2,(H,34,35)/t22?,24-/m1/s1. The van der Waals surface area contributed by atoms with E-state index in [0.717, 1.165) is 32.9 Å². The number of nitrogens with zero attached hydrogens (tertiary/aromatic N) is 3. The fourth-order valence-electron chi connectivity index (χ4n) is 4.51. The molecule has 0 amide bonds. The Morgan fingerprint density at radius 2 is 1.68 bits per heavy atom. The van der Waals surface area contributed by atoms with E-state index in [2.05, 4.69) is 10.3 Å². The number of ether oxygens (including phenoxy) is 2. The molecule has 0 saturated carbocycles. The van der Waals surface area contributed by atoms with E-state index in [4.69, 9.17) is 9.47 Å². The quantitative estimate of drug-likeness (QED) is 0.358. The third-order valence-electron chi connectivity index (χ3n) is 6.62. The largest absolute Gasteiger partial charge is 0.486 e. The summed E-state index contributed by atoms with van der Waals surface area (Å²) >= 11 is 0. The van der Waals surface area contributed by atoms with Gasteiger partial charge in [0.05, 0.1) is 17.4 Å². The van der Waals surface area contributed by atoms with E-state index in [-0.39, 0.29) is 24.9 Å². The minimum atomic E-state index is -1.11. The van der Waals surface area contributed by atoms with Crippen LogP contribution in [0.3, 0.4) is 0 Å². The lowest BCUT2D eigenvalue weighted by Crippen LogP contribution is -2.32. The van der Waals surface area contributed by atoms with Crippen molar-refractivity contribution in [1.29, 1.82) is 0 Å². The van der Waals surface area contributed by atoms with Crippen LogP contribution in [0.25, 0.3) is 22.0 Å². The fourth-order valence-corrected chi connectivity index (χ4v) is 4.51. The molecule has 2 atom stereocenters. The molecule has 9 heteroatoms. The van der Waals surface area contributed by atoms with Crippen molar-refractivity contribution in [1.82, 2.24) is 15.0 Å². The van der Waals surface area contributed by atoms with Gasteiger partial charge in [0.25, 0.3) is 5.56 Å². The number of hydrogen-bond donors (Lipinski definition) is 2. The number of aryl methyl sites for hydroxylation is 2. The van der Waals surface area contributed by atoms with Crippen LogP contribution >= 0.6 is 0 Å². The van der Waals surface area contributed by atoms with Crippen LogP contribution in [0.4, 0.5) is 0 Å². The summed E-state index contributed by atoms with van der Waals surface area (Å²) in [7, 11) is 0. The molecule has 5 rings (SSSR count). The molecule has 9 nitrogen and oxygen atoms in total. The molecule has 2 N–H and O–H groups in total. The molecule has 0 fully saturated rings.